The zero-order valence-corrected chi connectivity index (χ0v) is 18.3. The number of fused-ring (bicyclic) bond motifs is 3. The Balaban J connectivity index is 0.000000509. The summed E-state index contributed by atoms with van der Waals surface area (Å²) in [4.78, 5) is 35.0. The van der Waals surface area contributed by atoms with Gasteiger partial charge in [0.1, 0.15) is 6.04 Å². The highest BCUT2D eigenvalue weighted by atomic mass is 19.4. The van der Waals surface area contributed by atoms with Gasteiger partial charge in [-0.1, -0.05) is 48.5 Å². The van der Waals surface area contributed by atoms with Crippen molar-refractivity contribution in [1.82, 2.24) is 4.90 Å². The average Bonchev–Trinajstić information content (AvgIpc) is 3.12. The summed E-state index contributed by atoms with van der Waals surface area (Å²) in [6.07, 6.45) is -4.08. The summed E-state index contributed by atoms with van der Waals surface area (Å²) in [7, 11) is 1.28. The van der Waals surface area contributed by atoms with Crippen molar-refractivity contribution in [2.75, 3.05) is 13.7 Å². The first-order chi connectivity index (χ1) is 16.0. The molecule has 0 bridgehead atoms. The zero-order chi connectivity index (χ0) is 25.5. The summed E-state index contributed by atoms with van der Waals surface area (Å²) in [6, 6.07) is 14.1. The van der Waals surface area contributed by atoms with Gasteiger partial charge >= 0.3 is 24.2 Å². The number of carbonyl (C=O) groups is 3. The van der Waals surface area contributed by atoms with E-state index >= 15 is 0 Å². The van der Waals surface area contributed by atoms with Gasteiger partial charge < -0.3 is 20.7 Å². The lowest BCUT2D eigenvalue weighted by atomic mass is 9.99. The van der Waals surface area contributed by atoms with Gasteiger partial charge in [0, 0.05) is 0 Å². The van der Waals surface area contributed by atoms with Gasteiger partial charge in [0.25, 0.3) is 0 Å². The molecule has 0 unspecified atom stereocenters. The molecule has 0 aromatic heterocycles. The van der Waals surface area contributed by atoms with Crippen LogP contribution in [-0.2, 0) is 14.3 Å². The number of rotatable bonds is 7. The lowest BCUT2D eigenvalue weighted by Crippen LogP contribution is -2.47. The van der Waals surface area contributed by atoms with Gasteiger partial charge in [-0.05, 0) is 48.1 Å². The highest BCUT2D eigenvalue weighted by Gasteiger charge is 2.42. The molecule has 0 aliphatic heterocycles. The lowest BCUT2D eigenvalue weighted by molar-refractivity contribution is -0.192. The van der Waals surface area contributed by atoms with Crippen LogP contribution in [0.2, 0.25) is 0 Å². The molecule has 8 nitrogen and oxygen atoms in total. The van der Waals surface area contributed by atoms with Gasteiger partial charge in [0.2, 0.25) is 0 Å². The molecule has 11 heteroatoms. The van der Waals surface area contributed by atoms with Gasteiger partial charge in [-0.15, -0.1) is 0 Å². The van der Waals surface area contributed by atoms with Crippen LogP contribution in [0.1, 0.15) is 36.4 Å². The fourth-order valence-electron chi connectivity index (χ4n) is 3.81. The molecule has 1 atom stereocenters. The van der Waals surface area contributed by atoms with Crippen LogP contribution in [0.3, 0.4) is 0 Å². The van der Waals surface area contributed by atoms with E-state index < -0.39 is 36.3 Å². The number of nitrogens with zero attached hydrogens (tertiary/aromatic N) is 1. The summed E-state index contributed by atoms with van der Waals surface area (Å²) >= 11 is 0. The maximum atomic E-state index is 12.7. The van der Waals surface area contributed by atoms with Crippen molar-refractivity contribution in [2.45, 2.75) is 37.5 Å². The molecule has 0 heterocycles. The number of amides is 1. The van der Waals surface area contributed by atoms with Crippen LogP contribution in [0.4, 0.5) is 18.0 Å². The number of carbonyl (C=O) groups excluding carboxylic acids is 1. The molecule has 0 spiro atoms. The predicted octanol–water partition coefficient (Wildman–Crippen LogP) is 4.04. The Hall–Kier alpha value is -3.60. The van der Waals surface area contributed by atoms with E-state index in [0.29, 0.717) is 25.8 Å². The van der Waals surface area contributed by atoms with E-state index in [1.165, 1.54) is 12.0 Å². The van der Waals surface area contributed by atoms with Crippen molar-refractivity contribution < 1.29 is 42.5 Å². The predicted molar refractivity (Wildman–Crippen MR) is 116 cm³/mol. The van der Waals surface area contributed by atoms with E-state index in [-0.39, 0.29) is 0 Å². The fourth-order valence-corrected chi connectivity index (χ4v) is 3.81. The quantitative estimate of drug-likeness (QED) is 0.508. The monoisotopic (exact) mass is 482 g/mol. The number of benzene rings is 2. The van der Waals surface area contributed by atoms with E-state index in [0.717, 1.165) is 22.3 Å². The Morgan fingerprint density at radius 1 is 1.00 bits per heavy atom. The fraction of sp³-hybridized carbons (Fsp3) is 0.348. The lowest BCUT2D eigenvalue weighted by Gasteiger charge is -2.34. The van der Waals surface area contributed by atoms with Crippen LogP contribution in [0, 0.1) is 0 Å². The molecule has 4 N–H and O–H groups in total. The smallest absolute Gasteiger partial charge is 0.480 e. The molecular weight excluding hydrogens is 457 g/mol. The summed E-state index contributed by atoms with van der Waals surface area (Å²) in [5.41, 5.74) is 9.40. The number of carboxylic acid groups (broad SMARTS) is 2. The van der Waals surface area contributed by atoms with Gasteiger partial charge in [-0.3, -0.25) is 4.90 Å². The topological polar surface area (TPSA) is 130 Å². The Kier molecular flexibility index (Phi) is 9.02. The number of alkyl halides is 3. The summed E-state index contributed by atoms with van der Waals surface area (Å²) in [5, 5.41) is 17.0. The molecule has 0 fully saturated rings. The van der Waals surface area contributed by atoms with E-state index in [1.807, 2.05) is 48.5 Å². The number of methoxy groups -OCH3 is 1. The number of carboxylic acids is 2. The van der Waals surface area contributed by atoms with Crippen LogP contribution in [0.5, 0.6) is 0 Å². The second-order valence-electron chi connectivity index (χ2n) is 7.40. The van der Waals surface area contributed by atoms with Crippen LogP contribution in [0.25, 0.3) is 11.1 Å². The summed E-state index contributed by atoms with van der Waals surface area (Å²) in [6.45, 7) is 0.486. The van der Waals surface area contributed by atoms with Crippen molar-refractivity contribution in [1.29, 1.82) is 0 Å². The van der Waals surface area contributed by atoms with E-state index in [9.17, 15) is 27.9 Å². The number of halogens is 3. The third kappa shape index (κ3) is 6.04. The normalized spacial score (nSPS) is 13.1. The van der Waals surface area contributed by atoms with E-state index in [1.54, 1.807) is 0 Å². The van der Waals surface area contributed by atoms with Gasteiger partial charge in [-0.2, -0.15) is 13.2 Å². The largest absolute Gasteiger partial charge is 0.490 e. The Morgan fingerprint density at radius 3 is 1.85 bits per heavy atom. The van der Waals surface area contributed by atoms with Gasteiger partial charge in [0.05, 0.1) is 13.2 Å². The first-order valence-electron chi connectivity index (χ1n) is 10.3. The highest BCUT2D eigenvalue weighted by Crippen LogP contribution is 2.47. The first-order valence-corrected chi connectivity index (χ1v) is 10.3. The maximum Gasteiger partial charge on any atom is 0.490 e. The number of hydrogen-bond donors (Lipinski definition) is 3. The number of ether oxygens (including phenoxy) is 1. The standard InChI is InChI=1S/C21H24N2O4.C2HF3O2/c1-27-21(26)23(18(20(24)25)12-6-7-13-22)19-16-10-4-2-8-14(16)15-9-3-5-11-17(15)19;3-2(4,5)1(6)7/h2-5,8-11,18-19H,6-7,12-13,22H2,1H3,(H,24,25);(H,6,7)/t18-;/m0./s1. The number of hydrogen-bond acceptors (Lipinski definition) is 5. The minimum atomic E-state index is -5.08. The molecule has 2 aromatic carbocycles. The van der Waals surface area contributed by atoms with Gasteiger partial charge in [-0.25, -0.2) is 14.4 Å². The van der Waals surface area contributed by atoms with Crippen molar-refractivity contribution in [2.24, 2.45) is 5.73 Å². The summed E-state index contributed by atoms with van der Waals surface area (Å²) in [5.74, 6) is -3.80. The van der Waals surface area contributed by atoms with Crippen LogP contribution in [-0.4, -0.2) is 59.0 Å². The van der Waals surface area contributed by atoms with Crippen molar-refractivity contribution in [3.8, 4) is 11.1 Å². The second-order valence-corrected chi connectivity index (χ2v) is 7.40. The zero-order valence-electron chi connectivity index (χ0n) is 18.3. The minimum absolute atomic E-state index is 0.322. The SMILES string of the molecule is COC(=O)N(C1c2ccccc2-c2ccccc21)[C@@H](CCCCN)C(=O)O.O=C(O)C(F)(F)F. The number of aliphatic carboxylic acids is 2. The molecule has 34 heavy (non-hydrogen) atoms. The van der Waals surface area contributed by atoms with E-state index in [4.69, 9.17) is 20.4 Å². The maximum absolute atomic E-state index is 12.7. The van der Waals surface area contributed by atoms with Crippen LogP contribution >= 0.6 is 0 Å². The third-order valence-corrected chi connectivity index (χ3v) is 5.26. The molecule has 1 amide bonds. The van der Waals surface area contributed by atoms with Crippen molar-refractivity contribution in [3.63, 3.8) is 0 Å². The first kappa shape index (κ1) is 26.7. The molecule has 184 valence electrons. The van der Waals surface area contributed by atoms with Crippen LogP contribution in [0.15, 0.2) is 48.5 Å². The van der Waals surface area contributed by atoms with Crippen molar-refractivity contribution in [3.05, 3.63) is 59.7 Å². The van der Waals surface area contributed by atoms with Gasteiger partial charge in [0.15, 0.2) is 0 Å². The minimum Gasteiger partial charge on any atom is -0.480 e. The molecule has 0 radical (unpaired) electrons. The third-order valence-electron chi connectivity index (χ3n) is 5.26. The molecular formula is C23H25F3N2O6. The molecule has 1 aliphatic rings. The second kappa shape index (κ2) is 11.5. The average molecular weight is 482 g/mol. The number of nitrogens with two attached hydrogens (primary N) is 1. The molecule has 1 aliphatic carbocycles. The Morgan fingerprint density at radius 2 is 1.47 bits per heavy atom. The summed E-state index contributed by atoms with van der Waals surface area (Å²) < 4.78 is 36.7. The molecule has 0 saturated carbocycles. The molecule has 2 aromatic rings. The highest BCUT2D eigenvalue weighted by molar-refractivity contribution is 5.85. The Bertz CT molecular complexity index is 982. The Labute approximate surface area is 193 Å². The van der Waals surface area contributed by atoms with Crippen LogP contribution < -0.4 is 5.73 Å². The molecule has 3 rings (SSSR count). The number of unbranched alkanes of at least 4 members (excludes halogenated alkanes) is 1. The van der Waals surface area contributed by atoms with E-state index in [2.05, 4.69) is 0 Å². The van der Waals surface area contributed by atoms with Crippen molar-refractivity contribution >= 4 is 18.0 Å². The molecule has 0 saturated heterocycles.